The summed E-state index contributed by atoms with van der Waals surface area (Å²) in [4.78, 5) is 15.4. The van der Waals surface area contributed by atoms with Gasteiger partial charge in [-0.1, -0.05) is 35.9 Å². The number of carbonyl (C=O) groups is 1. The Labute approximate surface area is 124 Å². The van der Waals surface area contributed by atoms with Gasteiger partial charge >= 0.3 is 0 Å². The summed E-state index contributed by atoms with van der Waals surface area (Å²) in [7, 11) is 0. The topological polar surface area (TPSA) is 44.9 Å². The number of nitrogens with one attached hydrogen (secondary N) is 2. The molecule has 1 amide bonds. The van der Waals surface area contributed by atoms with Crippen LogP contribution < -0.4 is 5.32 Å². The first-order valence-corrected chi connectivity index (χ1v) is 7.14. The van der Waals surface area contributed by atoms with E-state index in [2.05, 4.69) is 41.5 Å². The molecule has 0 saturated carbocycles. The minimum absolute atomic E-state index is 0.0210. The maximum Gasteiger partial charge on any atom is 0.251 e. The fraction of sp³-hybridized carbons (Fsp3) is 0.167. The number of fused-ring (bicyclic) bond motifs is 1. The van der Waals surface area contributed by atoms with Gasteiger partial charge in [-0.3, -0.25) is 4.79 Å². The fourth-order valence-corrected chi connectivity index (χ4v) is 2.45. The molecule has 0 bridgehead atoms. The van der Waals surface area contributed by atoms with Crippen molar-refractivity contribution in [2.24, 2.45) is 0 Å². The lowest BCUT2D eigenvalue weighted by Crippen LogP contribution is -2.25. The third-order valence-electron chi connectivity index (χ3n) is 3.66. The first-order valence-electron chi connectivity index (χ1n) is 7.14. The summed E-state index contributed by atoms with van der Waals surface area (Å²) < 4.78 is 0. The fourth-order valence-electron chi connectivity index (χ4n) is 2.45. The summed E-state index contributed by atoms with van der Waals surface area (Å²) in [6, 6.07) is 16.1. The molecule has 0 unspecified atom stereocenters. The van der Waals surface area contributed by atoms with Gasteiger partial charge in [-0.2, -0.15) is 0 Å². The molecule has 0 fully saturated rings. The van der Waals surface area contributed by atoms with E-state index in [-0.39, 0.29) is 5.91 Å². The van der Waals surface area contributed by atoms with E-state index in [0.29, 0.717) is 6.54 Å². The number of aromatic amines is 1. The number of H-pyrrole nitrogens is 1. The number of hydrogen-bond acceptors (Lipinski definition) is 1. The maximum atomic E-state index is 12.3. The number of hydrogen-bond donors (Lipinski definition) is 2. The molecule has 1 heterocycles. The normalized spacial score (nSPS) is 10.7. The van der Waals surface area contributed by atoms with Crippen molar-refractivity contribution in [3.63, 3.8) is 0 Å². The molecule has 0 spiro atoms. The smallest absolute Gasteiger partial charge is 0.251 e. The van der Waals surface area contributed by atoms with Crippen LogP contribution >= 0.6 is 0 Å². The van der Waals surface area contributed by atoms with Crippen LogP contribution in [0.5, 0.6) is 0 Å². The van der Waals surface area contributed by atoms with Crippen molar-refractivity contribution in [3.8, 4) is 0 Å². The maximum absolute atomic E-state index is 12.3. The number of aryl methyl sites for hydroxylation is 1. The average molecular weight is 278 g/mol. The Balaban J connectivity index is 1.64. The zero-order valence-corrected chi connectivity index (χ0v) is 12.0. The summed E-state index contributed by atoms with van der Waals surface area (Å²) in [5.41, 5.74) is 4.20. The summed E-state index contributed by atoms with van der Waals surface area (Å²) in [5, 5.41) is 3.95. The molecule has 0 radical (unpaired) electrons. The van der Waals surface area contributed by atoms with Gasteiger partial charge in [0, 0.05) is 29.2 Å². The molecular weight excluding hydrogens is 260 g/mol. The zero-order chi connectivity index (χ0) is 14.7. The molecule has 2 aromatic carbocycles. The monoisotopic (exact) mass is 278 g/mol. The molecule has 0 saturated heterocycles. The lowest BCUT2D eigenvalue weighted by atomic mass is 10.1. The van der Waals surface area contributed by atoms with Crippen molar-refractivity contribution in [2.75, 3.05) is 6.54 Å². The molecule has 0 atom stereocenters. The lowest BCUT2D eigenvalue weighted by Gasteiger charge is -2.07. The van der Waals surface area contributed by atoms with Gasteiger partial charge in [-0.25, -0.2) is 0 Å². The highest BCUT2D eigenvalue weighted by atomic mass is 16.1. The van der Waals surface area contributed by atoms with Crippen molar-refractivity contribution in [3.05, 3.63) is 71.4 Å². The van der Waals surface area contributed by atoms with E-state index in [4.69, 9.17) is 0 Å². The molecule has 0 aliphatic heterocycles. The van der Waals surface area contributed by atoms with Gasteiger partial charge < -0.3 is 10.3 Å². The summed E-state index contributed by atoms with van der Waals surface area (Å²) in [5.74, 6) is -0.0210. The van der Waals surface area contributed by atoms with E-state index in [0.717, 1.165) is 22.9 Å². The molecule has 3 aromatic rings. The van der Waals surface area contributed by atoms with Crippen LogP contribution in [0, 0.1) is 6.92 Å². The largest absolute Gasteiger partial charge is 0.361 e. The van der Waals surface area contributed by atoms with Gasteiger partial charge in [0.1, 0.15) is 0 Å². The Bertz CT molecular complexity index is 756. The van der Waals surface area contributed by atoms with Gasteiger partial charge in [0.05, 0.1) is 0 Å². The molecule has 3 heteroatoms. The highest BCUT2D eigenvalue weighted by molar-refractivity contribution is 6.06. The van der Waals surface area contributed by atoms with Crippen LogP contribution in [0.1, 0.15) is 21.5 Å². The zero-order valence-electron chi connectivity index (χ0n) is 12.0. The molecule has 106 valence electrons. The van der Waals surface area contributed by atoms with Crippen LogP contribution in [0.3, 0.4) is 0 Å². The number of benzene rings is 2. The molecule has 2 N–H and O–H groups in total. The molecule has 21 heavy (non-hydrogen) atoms. The first-order chi connectivity index (χ1) is 10.2. The molecule has 0 aliphatic rings. The van der Waals surface area contributed by atoms with Gasteiger partial charge in [-0.15, -0.1) is 0 Å². The van der Waals surface area contributed by atoms with Crippen LogP contribution in [-0.2, 0) is 6.42 Å². The highest BCUT2D eigenvalue weighted by Gasteiger charge is 2.09. The van der Waals surface area contributed by atoms with E-state index in [9.17, 15) is 4.79 Å². The molecule has 3 rings (SSSR count). The molecular formula is C18H18N2O. The Kier molecular flexibility index (Phi) is 3.73. The number of rotatable bonds is 4. The van der Waals surface area contributed by atoms with Gasteiger partial charge in [-0.05, 0) is 37.1 Å². The molecule has 3 nitrogen and oxygen atoms in total. The van der Waals surface area contributed by atoms with Gasteiger partial charge in [0.25, 0.3) is 5.91 Å². The van der Waals surface area contributed by atoms with Crippen molar-refractivity contribution < 1.29 is 4.79 Å². The third-order valence-corrected chi connectivity index (χ3v) is 3.66. The summed E-state index contributed by atoms with van der Waals surface area (Å²) >= 11 is 0. The van der Waals surface area contributed by atoms with Crippen LogP contribution in [0.2, 0.25) is 0 Å². The van der Waals surface area contributed by atoms with E-state index in [1.165, 1.54) is 11.1 Å². The van der Waals surface area contributed by atoms with Crippen molar-refractivity contribution in [2.45, 2.75) is 13.3 Å². The lowest BCUT2D eigenvalue weighted by molar-refractivity contribution is 0.0956. The molecule has 1 aromatic heterocycles. The summed E-state index contributed by atoms with van der Waals surface area (Å²) in [6.07, 6.45) is 2.70. The highest BCUT2D eigenvalue weighted by Crippen LogP contribution is 2.17. The van der Waals surface area contributed by atoms with Crippen LogP contribution in [-0.4, -0.2) is 17.4 Å². The number of aromatic nitrogens is 1. The van der Waals surface area contributed by atoms with Crippen LogP contribution in [0.15, 0.2) is 54.7 Å². The van der Waals surface area contributed by atoms with Gasteiger partial charge in [0.2, 0.25) is 0 Å². The Hall–Kier alpha value is -2.55. The first kappa shape index (κ1) is 13.4. The Morgan fingerprint density at radius 1 is 1.10 bits per heavy atom. The second kappa shape index (κ2) is 5.83. The quantitative estimate of drug-likeness (QED) is 0.754. The van der Waals surface area contributed by atoms with E-state index in [1.807, 2.05) is 30.5 Å². The minimum atomic E-state index is -0.0210. The van der Waals surface area contributed by atoms with Gasteiger partial charge in [0.15, 0.2) is 0 Å². The average Bonchev–Trinajstić information content (AvgIpc) is 2.97. The SMILES string of the molecule is Cc1ccc(CCNC(=O)c2cccc3[nH]ccc23)cc1. The van der Waals surface area contributed by atoms with Crippen molar-refractivity contribution in [1.82, 2.24) is 10.3 Å². The Morgan fingerprint density at radius 2 is 1.90 bits per heavy atom. The second-order valence-corrected chi connectivity index (χ2v) is 5.24. The number of carbonyl (C=O) groups excluding carboxylic acids is 1. The standard InChI is InChI=1S/C18H18N2O/c1-13-5-7-14(8-6-13)9-11-20-18(21)16-3-2-4-17-15(16)10-12-19-17/h2-8,10,12,19H,9,11H2,1H3,(H,20,21). The van der Waals surface area contributed by atoms with E-state index in [1.54, 1.807) is 0 Å². The second-order valence-electron chi connectivity index (χ2n) is 5.24. The number of amides is 1. The van der Waals surface area contributed by atoms with Crippen molar-refractivity contribution >= 4 is 16.8 Å². The predicted octanol–water partition coefficient (Wildman–Crippen LogP) is 3.45. The molecule has 0 aliphatic carbocycles. The van der Waals surface area contributed by atoms with Crippen LogP contribution in [0.4, 0.5) is 0 Å². The Morgan fingerprint density at radius 3 is 2.71 bits per heavy atom. The van der Waals surface area contributed by atoms with E-state index < -0.39 is 0 Å². The van der Waals surface area contributed by atoms with E-state index >= 15 is 0 Å². The summed E-state index contributed by atoms with van der Waals surface area (Å²) in [6.45, 7) is 2.71. The minimum Gasteiger partial charge on any atom is -0.361 e. The third kappa shape index (κ3) is 2.97. The van der Waals surface area contributed by atoms with Crippen LogP contribution in [0.25, 0.3) is 10.9 Å². The predicted molar refractivity (Wildman–Crippen MR) is 85.5 cm³/mol. The van der Waals surface area contributed by atoms with Crippen molar-refractivity contribution in [1.29, 1.82) is 0 Å².